The van der Waals surface area contributed by atoms with Gasteiger partial charge in [0.2, 0.25) is 5.43 Å². The largest absolute Gasteiger partial charge is 0.483 e. The zero-order valence-corrected chi connectivity index (χ0v) is 20.6. The van der Waals surface area contributed by atoms with Crippen LogP contribution < -0.4 is 15.5 Å². The van der Waals surface area contributed by atoms with Crippen LogP contribution in [0, 0.1) is 11.6 Å². The molecule has 38 heavy (non-hydrogen) atoms. The summed E-state index contributed by atoms with van der Waals surface area (Å²) in [6, 6.07) is 11.5. The minimum absolute atomic E-state index is 0.00163. The molecular weight excluding hydrogens is 492 g/mol. The lowest BCUT2D eigenvalue weighted by atomic mass is 10.0. The maximum atomic E-state index is 14.1. The van der Waals surface area contributed by atoms with Crippen LogP contribution in [0.4, 0.5) is 8.78 Å². The second kappa shape index (κ2) is 10.1. The first-order valence-corrected chi connectivity index (χ1v) is 12.1. The topological polar surface area (TPSA) is 80.6 Å². The van der Waals surface area contributed by atoms with Gasteiger partial charge in [0.1, 0.15) is 23.8 Å². The van der Waals surface area contributed by atoms with E-state index < -0.39 is 34.9 Å². The third-order valence-electron chi connectivity index (χ3n) is 6.79. The van der Waals surface area contributed by atoms with E-state index in [0.29, 0.717) is 18.2 Å². The molecule has 7 nitrogen and oxygen atoms in total. The van der Waals surface area contributed by atoms with E-state index in [2.05, 4.69) is 11.9 Å². The molecule has 2 aliphatic rings. The molecule has 0 aliphatic carbocycles. The van der Waals surface area contributed by atoms with Gasteiger partial charge >= 0.3 is 0 Å². The van der Waals surface area contributed by atoms with Gasteiger partial charge in [-0.25, -0.2) is 8.78 Å². The maximum Gasteiger partial charge on any atom is 0.275 e. The first-order valence-electron chi connectivity index (χ1n) is 12.1. The second-order valence-corrected chi connectivity index (χ2v) is 9.30. The first-order chi connectivity index (χ1) is 18.2. The van der Waals surface area contributed by atoms with Gasteiger partial charge < -0.3 is 19.5 Å². The molecule has 3 aromatic rings. The number of hydrogen-bond donors (Lipinski definition) is 1. The molecule has 2 aliphatic heterocycles. The average Bonchev–Trinajstić information content (AvgIpc) is 3.03. The van der Waals surface area contributed by atoms with Gasteiger partial charge in [0.25, 0.3) is 11.8 Å². The molecule has 2 aromatic carbocycles. The van der Waals surface area contributed by atoms with Crippen molar-refractivity contribution in [1.82, 2.24) is 14.8 Å². The number of allylic oxidation sites excluding steroid dienone is 1. The van der Waals surface area contributed by atoms with Gasteiger partial charge in [-0.3, -0.25) is 14.4 Å². The summed E-state index contributed by atoms with van der Waals surface area (Å²) >= 11 is 0. The predicted molar refractivity (Wildman–Crippen MR) is 137 cm³/mol. The standard InChI is InChI=1S/C29H25F2N3O4/c1-17-8-9-18(2)33-15-24(17)34-14-22(28(36)32-13-20-10-11-21(30)12-23(20)31)26(35)27(25(34)29(33)37)38-16-19-6-4-3-5-7-19/h3-12,14,18,24H,1,13,15-16H2,2H3,(H,32,36)/t18-,24+/m0/s1. The zero-order valence-electron chi connectivity index (χ0n) is 20.6. The third-order valence-corrected chi connectivity index (χ3v) is 6.79. The Morgan fingerprint density at radius 3 is 2.66 bits per heavy atom. The minimum Gasteiger partial charge on any atom is -0.483 e. The van der Waals surface area contributed by atoms with Crippen molar-refractivity contribution in [3.8, 4) is 5.75 Å². The van der Waals surface area contributed by atoms with Gasteiger partial charge in [-0.15, -0.1) is 0 Å². The first kappa shape index (κ1) is 25.1. The van der Waals surface area contributed by atoms with Crippen LogP contribution in [0.15, 0.2) is 83.8 Å². The van der Waals surface area contributed by atoms with Crippen molar-refractivity contribution in [2.75, 3.05) is 6.54 Å². The highest BCUT2D eigenvalue weighted by Crippen LogP contribution is 2.34. The van der Waals surface area contributed by atoms with E-state index in [4.69, 9.17) is 4.74 Å². The molecule has 1 N–H and O–H groups in total. The lowest BCUT2D eigenvalue weighted by molar-refractivity contribution is 0.0640. The molecule has 194 valence electrons. The molecule has 3 heterocycles. The van der Waals surface area contributed by atoms with Crippen molar-refractivity contribution in [1.29, 1.82) is 0 Å². The Kier molecular flexibility index (Phi) is 6.67. The van der Waals surface area contributed by atoms with Crippen LogP contribution in [0.5, 0.6) is 5.75 Å². The molecule has 1 aromatic heterocycles. The molecule has 0 unspecified atom stereocenters. The zero-order chi connectivity index (χ0) is 27.0. The average molecular weight is 518 g/mol. The molecule has 9 heteroatoms. The molecule has 0 saturated heterocycles. The summed E-state index contributed by atoms with van der Waals surface area (Å²) in [5.74, 6) is -2.97. The summed E-state index contributed by atoms with van der Waals surface area (Å²) in [6.45, 7) is 6.04. The normalized spacial score (nSPS) is 18.1. The molecule has 0 radical (unpaired) electrons. The number of aromatic nitrogens is 1. The van der Waals surface area contributed by atoms with Crippen LogP contribution in [0.25, 0.3) is 0 Å². The van der Waals surface area contributed by atoms with E-state index in [0.717, 1.165) is 11.6 Å². The van der Waals surface area contributed by atoms with E-state index in [1.165, 1.54) is 12.3 Å². The van der Waals surface area contributed by atoms with Crippen LogP contribution in [0.3, 0.4) is 0 Å². The molecule has 2 bridgehead atoms. The number of rotatable bonds is 6. The fraction of sp³-hybridized carbons (Fsp3) is 0.207. The number of ether oxygens (including phenoxy) is 1. The number of hydrogen-bond acceptors (Lipinski definition) is 4. The molecule has 2 amide bonds. The van der Waals surface area contributed by atoms with E-state index in [1.807, 2.05) is 49.4 Å². The highest BCUT2D eigenvalue weighted by atomic mass is 19.1. The predicted octanol–water partition coefficient (Wildman–Crippen LogP) is 4.15. The van der Waals surface area contributed by atoms with Gasteiger partial charge in [0.15, 0.2) is 11.4 Å². The number of carbonyl (C=O) groups is 2. The lowest BCUT2D eigenvalue weighted by Crippen LogP contribution is -2.48. The van der Waals surface area contributed by atoms with Crippen molar-refractivity contribution in [3.05, 3.63) is 123 Å². The Morgan fingerprint density at radius 1 is 1.16 bits per heavy atom. The molecule has 5 rings (SSSR count). The highest BCUT2D eigenvalue weighted by molar-refractivity contribution is 5.99. The van der Waals surface area contributed by atoms with Crippen LogP contribution in [-0.2, 0) is 13.2 Å². The van der Waals surface area contributed by atoms with Crippen molar-refractivity contribution in [2.24, 2.45) is 0 Å². The number of fused-ring (bicyclic) bond motifs is 4. The molecule has 0 fully saturated rings. The van der Waals surface area contributed by atoms with Crippen LogP contribution >= 0.6 is 0 Å². The quantitative estimate of drug-likeness (QED) is 0.533. The van der Waals surface area contributed by atoms with Crippen molar-refractivity contribution in [2.45, 2.75) is 32.2 Å². The Hall–Kier alpha value is -4.53. The molecule has 0 spiro atoms. The highest BCUT2D eigenvalue weighted by Gasteiger charge is 2.39. The third kappa shape index (κ3) is 4.63. The summed E-state index contributed by atoms with van der Waals surface area (Å²) in [5.41, 5.74) is 0.539. The Bertz CT molecular complexity index is 1530. The van der Waals surface area contributed by atoms with E-state index in [-0.39, 0.29) is 41.8 Å². The monoisotopic (exact) mass is 517 g/mol. The number of nitrogens with zero attached hydrogens (tertiary/aromatic N) is 2. The Balaban J connectivity index is 1.57. The maximum absolute atomic E-state index is 14.1. The summed E-state index contributed by atoms with van der Waals surface area (Å²) in [5, 5.41) is 2.52. The van der Waals surface area contributed by atoms with Crippen LogP contribution in [0.2, 0.25) is 0 Å². The lowest BCUT2D eigenvalue weighted by Gasteiger charge is -2.37. The fourth-order valence-electron chi connectivity index (χ4n) is 4.64. The van der Waals surface area contributed by atoms with E-state index >= 15 is 0 Å². The molecule has 0 saturated carbocycles. The summed E-state index contributed by atoms with van der Waals surface area (Å²) in [7, 11) is 0. The number of pyridine rings is 1. The number of amides is 2. The van der Waals surface area contributed by atoms with Gasteiger partial charge in [-0.1, -0.05) is 55.1 Å². The fourth-order valence-corrected chi connectivity index (χ4v) is 4.64. The summed E-state index contributed by atoms with van der Waals surface area (Å²) < 4.78 is 34.9. The molecular formula is C29H25F2N3O4. The summed E-state index contributed by atoms with van der Waals surface area (Å²) in [6.07, 6.45) is 5.02. The number of carbonyl (C=O) groups excluding carboxylic acids is 2. The van der Waals surface area contributed by atoms with Gasteiger partial charge in [0.05, 0.1) is 6.04 Å². The van der Waals surface area contributed by atoms with Crippen molar-refractivity contribution < 1.29 is 23.1 Å². The number of benzene rings is 2. The van der Waals surface area contributed by atoms with Gasteiger partial charge in [-0.05, 0) is 24.1 Å². The SMILES string of the molecule is C=C1C=C[C@H](C)N2C[C@H]1n1cc(C(=O)NCc3ccc(F)cc3F)c(=O)c(OCc3ccccc3)c1C2=O. The molecule has 2 atom stereocenters. The van der Waals surface area contributed by atoms with E-state index in [1.54, 1.807) is 9.47 Å². The summed E-state index contributed by atoms with van der Waals surface area (Å²) in [4.78, 5) is 42.0. The smallest absolute Gasteiger partial charge is 0.275 e. The van der Waals surface area contributed by atoms with Crippen LogP contribution in [0.1, 0.15) is 44.9 Å². The Morgan fingerprint density at radius 2 is 1.92 bits per heavy atom. The van der Waals surface area contributed by atoms with Crippen LogP contribution in [-0.4, -0.2) is 33.9 Å². The van der Waals surface area contributed by atoms with Gasteiger partial charge in [-0.2, -0.15) is 0 Å². The van der Waals surface area contributed by atoms with Crippen molar-refractivity contribution in [3.63, 3.8) is 0 Å². The van der Waals surface area contributed by atoms with E-state index in [9.17, 15) is 23.2 Å². The Labute approximate surface area is 217 Å². The second-order valence-electron chi connectivity index (χ2n) is 9.30. The number of nitrogens with one attached hydrogen (secondary N) is 1. The van der Waals surface area contributed by atoms with Crippen molar-refractivity contribution >= 4 is 11.8 Å². The minimum atomic E-state index is -0.819. The number of halogens is 2. The van der Waals surface area contributed by atoms with Gasteiger partial charge in [0, 0.05) is 37.0 Å².